The largest absolute Gasteiger partial charge is 0.354 e. The minimum Gasteiger partial charge on any atom is -0.354 e. The van der Waals surface area contributed by atoms with Crippen molar-refractivity contribution in [2.45, 2.75) is 57.5 Å². The molecule has 3 aromatic rings. The van der Waals surface area contributed by atoms with Gasteiger partial charge in [0, 0.05) is 18.1 Å². The van der Waals surface area contributed by atoms with E-state index >= 15 is 0 Å². The van der Waals surface area contributed by atoms with E-state index in [0.29, 0.717) is 33.6 Å². The third-order valence-corrected chi connectivity index (χ3v) is 9.54. The van der Waals surface area contributed by atoms with Crippen LogP contribution in [0.3, 0.4) is 0 Å². The van der Waals surface area contributed by atoms with Gasteiger partial charge in [-0.25, -0.2) is 8.42 Å². The van der Waals surface area contributed by atoms with Crippen LogP contribution in [0.5, 0.6) is 0 Å². The van der Waals surface area contributed by atoms with Gasteiger partial charge in [-0.1, -0.05) is 85.4 Å². The van der Waals surface area contributed by atoms with Crippen molar-refractivity contribution in [3.63, 3.8) is 0 Å². The second-order valence-electron chi connectivity index (χ2n) is 9.60. The molecule has 0 aliphatic carbocycles. The highest BCUT2D eigenvalue weighted by Gasteiger charge is 2.33. The standard InChI is InChI=1S/C30H34Cl3N3O4S/c1-4-6-16-34-30(38)28(5-2)35(19-22-13-15-25(31)27(33)17-22)29(37)20-36(23-14-12-21(3)26(32)18-23)41(39,40)24-10-8-7-9-11-24/h7-15,17-18,28H,4-6,16,19-20H2,1-3H3,(H,34,38)/t28-/m0/s1. The fraction of sp³-hybridized carbons (Fsp3) is 0.333. The highest BCUT2D eigenvalue weighted by molar-refractivity contribution is 7.92. The highest BCUT2D eigenvalue weighted by Crippen LogP contribution is 2.29. The Hall–Kier alpha value is -2.78. The molecule has 0 aliphatic rings. The molecule has 0 bridgehead atoms. The summed E-state index contributed by atoms with van der Waals surface area (Å²) >= 11 is 18.7. The number of hydrogen-bond acceptors (Lipinski definition) is 4. The number of aryl methyl sites for hydroxylation is 1. The molecule has 0 spiro atoms. The smallest absolute Gasteiger partial charge is 0.264 e. The maximum atomic E-state index is 14.1. The molecule has 0 saturated heterocycles. The number of hydrogen-bond donors (Lipinski definition) is 1. The van der Waals surface area contributed by atoms with Crippen molar-refractivity contribution in [1.82, 2.24) is 10.2 Å². The number of carbonyl (C=O) groups is 2. The molecule has 0 radical (unpaired) electrons. The summed E-state index contributed by atoms with van der Waals surface area (Å²) in [7, 11) is -4.18. The molecule has 1 N–H and O–H groups in total. The van der Waals surface area contributed by atoms with Crippen LogP contribution < -0.4 is 9.62 Å². The number of rotatable bonds is 13. The normalized spacial score (nSPS) is 12.0. The predicted octanol–water partition coefficient (Wildman–Crippen LogP) is 6.87. The van der Waals surface area contributed by atoms with E-state index in [2.05, 4.69) is 5.32 Å². The fourth-order valence-corrected chi connectivity index (χ4v) is 6.17. The van der Waals surface area contributed by atoms with Crippen molar-refractivity contribution in [1.29, 1.82) is 0 Å². The van der Waals surface area contributed by atoms with E-state index in [1.165, 1.54) is 23.1 Å². The van der Waals surface area contributed by atoms with Crippen LogP contribution in [0.1, 0.15) is 44.2 Å². The molecule has 0 fully saturated rings. The SMILES string of the molecule is CCCCNC(=O)[C@H](CC)N(Cc1ccc(Cl)c(Cl)c1)C(=O)CN(c1ccc(C)c(Cl)c1)S(=O)(=O)c1ccccc1. The van der Waals surface area contributed by atoms with Crippen LogP contribution in [0.4, 0.5) is 5.69 Å². The lowest BCUT2D eigenvalue weighted by Gasteiger charge is -2.33. The van der Waals surface area contributed by atoms with Gasteiger partial charge >= 0.3 is 0 Å². The van der Waals surface area contributed by atoms with Crippen LogP contribution in [0, 0.1) is 6.92 Å². The zero-order valence-corrected chi connectivity index (χ0v) is 26.3. The number of carbonyl (C=O) groups excluding carboxylic acids is 2. The monoisotopic (exact) mass is 637 g/mol. The Kier molecular flexibility index (Phi) is 11.9. The van der Waals surface area contributed by atoms with Gasteiger partial charge in [0.15, 0.2) is 0 Å². The van der Waals surface area contributed by atoms with E-state index < -0.39 is 28.5 Å². The van der Waals surface area contributed by atoms with Gasteiger partial charge in [0.2, 0.25) is 11.8 Å². The molecule has 11 heteroatoms. The van der Waals surface area contributed by atoms with E-state index in [-0.39, 0.29) is 23.0 Å². The number of nitrogens with zero attached hydrogens (tertiary/aromatic N) is 2. The summed E-state index contributed by atoms with van der Waals surface area (Å²) < 4.78 is 28.8. The minimum atomic E-state index is -4.18. The van der Waals surface area contributed by atoms with E-state index in [0.717, 1.165) is 22.7 Å². The van der Waals surface area contributed by atoms with Crippen molar-refractivity contribution in [2.24, 2.45) is 0 Å². The molecule has 0 aliphatic heterocycles. The Morgan fingerprint density at radius 1 is 0.902 bits per heavy atom. The van der Waals surface area contributed by atoms with Gasteiger partial charge in [-0.2, -0.15) is 0 Å². The Morgan fingerprint density at radius 3 is 2.22 bits per heavy atom. The molecule has 3 rings (SSSR count). The summed E-state index contributed by atoms with van der Waals surface area (Å²) in [6, 6.07) is 16.8. The zero-order chi connectivity index (χ0) is 30.2. The van der Waals surface area contributed by atoms with Gasteiger partial charge in [-0.3, -0.25) is 13.9 Å². The first-order valence-corrected chi connectivity index (χ1v) is 15.9. The topological polar surface area (TPSA) is 86.8 Å². The highest BCUT2D eigenvalue weighted by atomic mass is 35.5. The van der Waals surface area contributed by atoms with Crippen LogP contribution in [0.15, 0.2) is 71.6 Å². The quantitative estimate of drug-likeness (QED) is 0.207. The molecular weight excluding hydrogens is 605 g/mol. The molecule has 41 heavy (non-hydrogen) atoms. The second-order valence-corrected chi connectivity index (χ2v) is 12.7. The first-order chi connectivity index (χ1) is 19.5. The van der Waals surface area contributed by atoms with E-state index in [1.807, 2.05) is 6.92 Å². The van der Waals surface area contributed by atoms with Crippen LogP contribution in [0.25, 0.3) is 0 Å². The molecule has 0 aromatic heterocycles. The fourth-order valence-electron chi connectivity index (χ4n) is 4.25. The average molecular weight is 639 g/mol. The lowest BCUT2D eigenvalue weighted by atomic mass is 10.1. The van der Waals surface area contributed by atoms with Crippen molar-refractivity contribution in [3.8, 4) is 0 Å². The Balaban J connectivity index is 2.06. The van der Waals surface area contributed by atoms with Crippen molar-refractivity contribution >= 4 is 62.3 Å². The molecular formula is C30H34Cl3N3O4S. The minimum absolute atomic E-state index is 0.0172. The van der Waals surface area contributed by atoms with Gasteiger partial charge in [0.25, 0.3) is 10.0 Å². The van der Waals surface area contributed by atoms with Gasteiger partial charge in [-0.15, -0.1) is 0 Å². The van der Waals surface area contributed by atoms with E-state index in [9.17, 15) is 18.0 Å². The summed E-state index contributed by atoms with van der Waals surface area (Å²) in [6.07, 6.45) is 2.00. The second kappa shape index (κ2) is 14.9. The van der Waals surface area contributed by atoms with Crippen LogP contribution in [-0.4, -0.2) is 44.3 Å². The molecule has 220 valence electrons. The van der Waals surface area contributed by atoms with Gasteiger partial charge in [0.1, 0.15) is 12.6 Å². The third kappa shape index (κ3) is 8.38. The maximum absolute atomic E-state index is 14.1. The number of benzene rings is 3. The zero-order valence-electron chi connectivity index (χ0n) is 23.2. The first kappa shape index (κ1) is 32.7. The summed E-state index contributed by atoms with van der Waals surface area (Å²) in [5, 5.41) is 3.92. The van der Waals surface area contributed by atoms with E-state index in [1.54, 1.807) is 62.4 Å². The summed E-state index contributed by atoms with van der Waals surface area (Å²) in [5.41, 5.74) is 1.63. The number of halogens is 3. The first-order valence-electron chi connectivity index (χ1n) is 13.3. The van der Waals surface area contributed by atoms with Crippen molar-refractivity contribution in [3.05, 3.63) is 92.9 Å². The van der Waals surface area contributed by atoms with Gasteiger partial charge in [-0.05, 0) is 67.3 Å². The van der Waals surface area contributed by atoms with Gasteiger partial charge < -0.3 is 10.2 Å². The third-order valence-electron chi connectivity index (χ3n) is 6.61. The Labute approximate surface area is 257 Å². The molecule has 1 atom stereocenters. The molecule has 0 saturated carbocycles. The number of nitrogens with one attached hydrogen (secondary N) is 1. The van der Waals surface area contributed by atoms with Crippen molar-refractivity contribution in [2.75, 3.05) is 17.4 Å². The summed E-state index contributed by atoms with van der Waals surface area (Å²) in [6.45, 7) is 5.55. The van der Waals surface area contributed by atoms with E-state index in [4.69, 9.17) is 34.8 Å². The molecule has 0 unspecified atom stereocenters. The number of unbranched alkanes of at least 4 members (excludes halogenated alkanes) is 1. The van der Waals surface area contributed by atoms with Crippen molar-refractivity contribution < 1.29 is 18.0 Å². The number of sulfonamides is 1. The average Bonchev–Trinajstić information content (AvgIpc) is 2.95. The van der Waals surface area contributed by atoms with Crippen LogP contribution >= 0.6 is 34.8 Å². The van der Waals surface area contributed by atoms with Crippen LogP contribution in [-0.2, 0) is 26.2 Å². The Bertz CT molecular complexity index is 1470. The molecule has 7 nitrogen and oxygen atoms in total. The Morgan fingerprint density at radius 2 is 1.61 bits per heavy atom. The molecule has 2 amide bonds. The maximum Gasteiger partial charge on any atom is 0.264 e. The lowest BCUT2D eigenvalue weighted by Crippen LogP contribution is -2.52. The number of anilines is 1. The lowest BCUT2D eigenvalue weighted by molar-refractivity contribution is -0.140. The summed E-state index contributed by atoms with van der Waals surface area (Å²) in [4.78, 5) is 28.8. The predicted molar refractivity (Wildman–Crippen MR) is 166 cm³/mol. The summed E-state index contributed by atoms with van der Waals surface area (Å²) in [5.74, 6) is -0.880. The van der Waals surface area contributed by atoms with Gasteiger partial charge in [0.05, 0.1) is 20.6 Å². The molecule has 3 aromatic carbocycles. The van der Waals surface area contributed by atoms with Crippen LogP contribution in [0.2, 0.25) is 15.1 Å². The number of amides is 2. The molecule has 0 heterocycles.